The maximum absolute atomic E-state index is 12.5. The van der Waals surface area contributed by atoms with Gasteiger partial charge in [0.2, 0.25) is 11.8 Å². The molecule has 0 atom stereocenters. The topological polar surface area (TPSA) is 114 Å². The average Bonchev–Trinajstić information content (AvgIpc) is 3.13. The maximum atomic E-state index is 12.5. The van der Waals surface area contributed by atoms with Crippen LogP contribution in [-0.2, 0) is 20.7 Å². The zero-order chi connectivity index (χ0) is 19.9. The summed E-state index contributed by atoms with van der Waals surface area (Å²) in [4.78, 5) is 42.2. The second kappa shape index (κ2) is 9.47. The number of aromatic nitrogens is 1. The van der Waals surface area contributed by atoms with E-state index in [9.17, 15) is 14.4 Å². The smallest absolute Gasteiger partial charge is 0.290 e. The van der Waals surface area contributed by atoms with Crippen molar-refractivity contribution in [3.05, 3.63) is 35.2 Å². The lowest BCUT2D eigenvalue weighted by Gasteiger charge is -2.20. The van der Waals surface area contributed by atoms with E-state index >= 15 is 0 Å². The average molecular weight is 406 g/mol. The summed E-state index contributed by atoms with van der Waals surface area (Å²) < 4.78 is 10.1. The molecule has 9 nitrogen and oxygen atoms in total. The second-order valence-corrected chi connectivity index (χ2v) is 7.27. The Hall–Kier alpha value is -2.72. The molecule has 0 saturated heterocycles. The number of anilines is 1. The number of hydrogen-bond donors (Lipinski definition) is 2. The number of rotatable bonds is 10. The number of nitrogens with one attached hydrogen (secondary N) is 2. The van der Waals surface area contributed by atoms with E-state index in [1.165, 1.54) is 29.6 Å². The van der Waals surface area contributed by atoms with Crippen LogP contribution in [0.3, 0.4) is 0 Å². The molecule has 0 aliphatic heterocycles. The van der Waals surface area contributed by atoms with Crippen molar-refractivity contribution < 1.29 is 23.5 Å². The van der Waals surface area contributed by atoms with Crippen LogP contribution >= 0.6 is 11.3 Å². The van der Waals surface area contributed by atoms with Gasteiger partial charge in [-0.2, -0.15) is 0 Å². The number of carbonyl (C=O) groups excluding carboxylic acids is 3. The van der Waals surface area contributed by atoms with E-state index in [0.717, 1.165) is 12.8 Å². The minimum atomic E-state index is -0.395. The molecule has 0 spiro atoms. The molecule has 1 fully saturated rings. The maximum Gasteiger partial charge on any atom is 0.290 e. The van der Waals surface area contributed by atoms with E-state index in [1.54, 1.807) is 17.5 Å². The summed E-state index contributed by atoms with van der Waals surface area (Å²) in [7, 11) is 1.52. The Morgan fingerprint density at radius 1 is 1.36 bits per heavy atom. The van der Waals surface area contributed by atoms with Crippen LogP contribution in [0.5, 0.6) is 0 Å². The standard InChI is InChI=1S/C18H22N4O5S/c1-26-8-6-22(17(25)14-3-2-7-27-14)10-16(24)21-18-20-13(11-28-18)9-15(23)19-12-4-5-12/h2-3,7,11-12H,4-6,8-10H2,1H3,(H,19,23)(H,20,21,24). The van der Waals surface area contributed by atoms with Gasteiger partial charge in [-0.05, 0) is 25.0 Å². The lowest BCUT2D eigenvalue weighted by Crippen LogP contribution is -2.39. The molecule has 1 saturated carbocycles. The molecule has 1 aliphatic carbocycles. The first-order chi connectivity index (χ1) is 13.5. The monoisotopic (exact) mass is 406 g/mol. The Morgan fingerprint density at radius 2 is 2.18 bits per heavy atom. The van der Waals surface area contributed by atoms with Gasteiger partial charge in [0.05, 0.1) is 25.0 Å². The minimum absolute atomic E-state index is 0.0690. The third kappa shape index (κ3) is 5.89. The molecule has 1 aliphatic rings. The van der Waals surface area contributed by atoms with Gasteiger partial charge >= 0.3 is 0 Å². The number of thiazole rings is 1. The second-order valence-electron chi connectivity index (χ2n) is 6.41. The predicted molar refractivity (Wildman–Crippen MR) is 102 cm³/mol. The summed E-state index contributed by atoms with van der Waals surface area (Å²) in [6.45, 7) is 0.366. The van der Waals surface area contributed by atoms with Gasteiger partial charge < -0.3 is 24.7 Å². The lowest BCUT2D eigenvalue weighted by atomic mass is 10.3. The van der Waals surface area contributed by atoms with Crippen molar-refractivity contribution in [2.45, 2.75) is 25.3 Å². The Balaban J connectivity index is 1.53. The van der Waals surface area contributed by atoms with Gasteiger partial charge in [-0.25, -0.2) is 4.98 Å². The molecule has 0 bridgehead atoms. The van der Waals surface area contributed by atoms with Crippen molar-refractivity contribution in [2.75, 3.05) is 32.1 Å². The van der Waals surface area contributed by atoms with Crippen molar-refractivity contribution in [2.24, 2.45) is 0 Å². The molecule has 2 N–H and O–H groups in total. The van der Waals surface area contributed by atoms with Crippen LogP contribution < -0.4 is 10.6 Å². The molecule has 0 radical (unpaired) electrons. The first kappa shape index (κ1) is 20.0. The highest BCUT2D eigenvalue weighted by Crippen LogP contribution is 2.20. The third-order valence-corrected chi connectivity index (χ3v) is 4.81. The predicted octanol–water partition coefficient (Wildman–Crippen LogP) is 1.28. The number of methoxy groups -OCH3 is 1. The molecule has 28 heavy (non-hydrogen) atoms. The summed E-state index contributed by atoms with van der Waals surface area (Å²) in [6, 6.07) is 3.45. The SMILES string of the molecule is COCCN(CC(=O)Nc1nc(CC(=O)NC2CC2)cs1)C(=O)c1ccco1. The van der Waals surface area contributed by atoms with E-state index in [4.69, 9.17) is 9.15 Å². The number of carbonyl (C=O) groups is 3. The van der Waals surface area contributed by atoms with E-state index in [1.807, 2.05) is 0 Å². The largest absolute Gasteiger partial charge is 0.459 e. The Morgan fingerprint density at radius 3 is 2.86 bits per heavy atom. The van der Waals surface area contributed by atoms with Crippen LogP contribution in [0.2, 0.25) is 0 Å². The van der Waals surface area contributed by atoms with Gasteiger partial charge in [0.25, 0.3) is 5.91 Å². The fraction of sp³-hybridized carbons (Fsp3) is 0.444. The molecule has 150 valence electrons. The van der Waals surface area contributed by atoms with Crippen LogP contribution in [0.1, 0.15) is 29.1 Å². The zero-order valence-electron chi connectivity index (χ0n) is 15.5. The first-order valence-corrected chi connectivity index (χ1v) is 9.78. The fourth-order valence-corrected chi connectivity index (χ4v) is 3.18. The quantitative estimate of drug-likeness (QED) is 0.615. The van der Waals surface area contributed by atoms with Gasteiger partial charge in [-0.15, -0.1) is 11.3 Å². The summed E-state index contributed by atoms with van der Waals surface area (Å²) in [5.74, 6) is -0.698. The first-order valence-electron chi connectivity index (χ1n) is 8.90. The highest BCUT2D eigenvalue weighted by atomic mass is 32.1. The van der Waals surface area contributed by atoms with Crippen LogP contribution in [0, 0.1) is 0 Å². The number of nitrogens with zero attached hydrogens (tertiary/aromatic N) is 2. The highest BCUT2D eigenvalue weighted by Gasteiger charge is 2.24. The number of amides is 3. The molecule has 2 heterocycles. The molecule has 10 heteroatoms. The van der Waals surface area contributed by atoms with Crippen molar-refractivity contribution in [3.63, 3.8) is 0 Å². The number of ether oxygens (including phenoxy) is 1. The van der Waals surface area contributed by atoms with E-state index in [0.29, 0.717) is 16.9 Å². The number of hydrogen-bond acceptors (Lipinski definition) is 7. The van der Waals surface area contributed by atoms with Crippen LogP contribution in [0.4, 0.5) is 5.13 Å². The van der Waals surface area contributed by atoms with Crippen molar-refractivity contribution in [1.82, 2.24) is 15.2 Å². The van der Waals surface area contributed by atoms with Crippen molar-refractivity contribution in [3.8, 4) is 0 Å². The van der Waals surface area contributed by atoms with Crippen LogP contribution in [0.15, 0.2) is 28.2 Å². The molecule has 3 amide bonds. The van der Waals surface area contributed by atoms with Crippen molar-refractivity contribution >= 4 is 34.2 Å². The summed E-state index contributed by atoms with van der Waals surface area (Å²) in [5.41, 5.74) is 0.598. The molecule has 3 rings (SSSR count). The van der Waals surface area contributed by atoms with E-state index in [-0.39, 0.29) is 43.7 Å². The third-order valence-electron chi connectivity index (χ3n) is 4.00. The Bertz CT molecular complexity index is 816. The lowest BCUT2D eigenvalue weighted by molar-refractivity contribution is -0.120. The van der Waals surface area contributed by atoms with Gasteiger partial charge in [-0.3, -0.25) is 14.4 Å². The normalized spacial score (nSPS) is 13.2. The van der Waals surface area contributed by atoms with Crippen LogP contribution in [-0.4, -0.2) is 60.5 Å². The van der Waals surface area contributed by atoms with Gasteiger partial charge in [0, 0.05) is 25.1 Å². The molecule has 2 aromatic heterocycles. The Kier molecular flexibility index (Phi) is 6.77. The van der Waals surface area contributed by atoms with Crippen LogP contribution in [0.25, 0.3) is 0 Å². The van der Waals surface area contributed by atoms with Crippen molar-refractivity contribution in [1.29, 1.82) is 0 Å². The van der Waals surface area contributed by atoms with Gasteiger partial charge in [-0.1, -0.05) is 0 Å². The van der Waals surface area contributed by atoms with Gasteiger partial charge in [0.1, 0.15) is 6.54 Å². The Labute approximate surface area is 166 Å². The molecular weight excluding hydrogens is 384 g/mol. The minimum Gasteiger partial charge on any atom is -0.459 e. The summed E-state index contributed by atoms with van der Waals surface area (Å²) >= 11 is 1.24. The van der Waals surface area contributed by atoms with E-state index < -0.39 is 5.91 Å². The highest BCUT2D eigenvalue weighted by molar-refractivity contribution is 7.13. The molecule has 2 aromatic rings. The molecule has 0 aromatic carbocycles. The zero-order valence-corrected chi connectivity index (χ0v) is 16.3. The molecule has 0 unspecified atom stereocenters. The van der Waals surface area contributed by atoms with Gasteiger partial charge in [0.15, 0.2) is 10.9 Å². The fourth-order valence-electron chi connectivity index (χ4n) is 2.46. The molecular formula is C18H22N4O5S. The van der Waals surface area contributed by atoms with E-state index in [2.05, 4.69) is 15.6 Å². The number of furan rings is 1. The summed E-state index contributed by atoms with van der Waals surface area (Å²) in [5, 5.41) is 7.68. The summed E-state index contributed by atoms with van der Waals surface area (Å²) in [6.07, 6.45) is 3.64.